The third kappa shape index (κ3) is 11.5. The van der Waals surface area contributed by atoms with Gasteiger partial charge in [0.2, 0.25) is 0 Å². The number of ether oxygens (including phenoxy) is 2. The lowest BCUT2D eigenvalue weighted by Gasteiger charge is -2.15. The molecule has 0 aromatic heterocycles. The maximum atomic E-state index is 5.37. The van der Waals surface area contributed by atoms with Crippen LogP contribution in [0.4, 0.5) is 0 Å². The summed E-state index contributed by atoms with van der Waals surface area (Å²) in [6.45, 7) is 8.13. The highest BCUT2D eigenvalue weighted by atomic mass is 127. The summed E-state index contributed by atoms with van der Waals surface area (Å²) < 4.78 is 10.5. The lowest BCUT2D eigenvalue weighted by atomic mass is 10.2. The number of hydrogen-bond donors (Lipinski definition) is 2. The fourth-order valence-corrected chi connectivity index (χ4v) is 2.17. The van der Waals surface area contributed by atoms with E-state index in [9.17, 15) is 0 Å². The molecule has 7 heteroatoms. The molecule has 0 bridgehead atoms. The van der Waals surface area contributed by atoms with Crippen LogP contribution in [0.5, 0.6) is 5.75 Å². The number of guanidine groups is 1. The summed E-state index contributed by atoms with van der Waals surface area (Å²) >= 11 is 1.84. The molecule has 0 radical (unpaired) electrons. The first-order valence-corrected chi connectivity index (χ1v) is 9.74. The SMILES string of the molecule is CCOCCCNC(=NCc1ccc(OC)cc1)NCC(C)SC.I. The summed E-state index contributed by atoms with van der Waals surface area (Å²) in [6.07, 6.45) is 3.09. The van der Waals surface area contributed by atoms with Crippen LogP contribution in [0, 0.1) is 0 Å². The highest BCUT2D eigenvalue weighted by Gasteiger charge is 2.03. The molecule has 0 amide bonds. The van der Waals surface area contributed by atoms with Gasteiger partial charge >= 0.3 is 0 Å². The first-order valence-electron chi connectivity index (χ1n) is 8.45. The smallest absolute Gasteiger partial charge is 0.191 e. The van der Waals surface area contributed by atoms with E-state index in [2.05, 4.69) is 28.8 Å². The van der Waals surface area contributed by atoms with Crippen molar-refractivity contribution in [2.75, 3.05) is 39.7 Å². The first-order chi connectivity index (χ1) is 11.7. The van der Waals surface area contributed by atoms with Crippen molar-refractivity contribution in [2.24, 2.45) is 4.99 Å². The Kier molecular flexibility index (Phi) is 15.2. The van der Waals surface area contributed by atoms with Gasteiger partial charge in [-0.05, 0) is 37.3 Å². The second-order valence-corrected chi connectivity index (χ2v) is 6.69. The number of nitrogens with one attached hydrogen (secondary N) is 2. The van der Waals surface area contributed by atoms with Crippen molar-refractivity contribution in [2.45, 2.75) is 32.1 Å². The molecule has 0 saturated heterocycles. The van der Waals surface area contributed by atoms with Crippen LogP contribution in [0.2, 0.25) is 0 Å². The largest absolute Gasteiger partial charge is 0.497 e. The molecule has 0 aliphatic carbocycles. The van der Waals surface area contributed by atoms with E-state index in [1.165, 1.54) is 0 Å². The topological polar surface area (TPSA) is 54.9 Å². The molecule has 1 aromatic carbocycles. The molecule has 1 atom stereocenters. The molecule has 0 fully saturated rings. The second-order valence-electron chi connectivity index (χ2n) is 5.42. The number of halogens is 1. The van der Waals surface area contributed by atoms with Gasteiger partial charge in [0.1, 0.15) is 5.75 Å². The minimum absolute atomic E-state index is 0. The van der Waals surface area contributed by atoms with Gasteiger partial charge in [0.15, 0.2) is 5.96 Å². The van der Waals surface area contributed by atoms with Gasteiger partial charge in [-0.15, -0.1) is 24.0 Å². The fourth-order valence-electron chi connectivity index (χ4n) is 1.92. The number of methoxy groups -OCH3 is 1. The van der Waals surface area contributed by atoms with Gasteiger partial charge in [-0.1, -0.05) is 19.1 Å². The Labute approximate surface area is 173 Å². The molecule has 0 aliphatic heterocycles. The van der Waals surface area contributed by atoms with Gasteiger partial charge in [0, 0.05) is 31.6 Å². The van der Waals surface area contributed by atoms with Gasteiger partial charge in [-0.2, -0.15) is 11.8 Å². The predicted molar refractivity (Wildman–Crippen MR) is 120 cm³/mol. The average Bonchev–Trinajstić information content (AvgIpc) is 2.63. The Morgan fingerprint density at radius 3 is 2.56 bits per heavy atom. The Hall–Kier alpha value is -0.670. The van der Waals surface area contributed by atoms with Crippen LogP contribution in [0.3, 0.4) is 0 Å². The summed E-state index contributed by atoms with van der Waals surface area (Å²) in [6, 6.07) is 8.01. The normalized spacial score (nSPS) is 12.2. The van der Waals surface area contributed by atoms with Gasteiger partial charge in [0.25, 0.3) is 0 Å². The summed E-state index contributed by atoms with van der Waals surface area (Å²) in [5.41, 5.74) is 1.16. The summed E-state index contributed by atoms with van der Waals surface area (Å²) in [5.74, 6) is 1.71. The van der Waals surface area contributed by atoms with E-state index in [1.807, 2.05) is 43.0 Å². The van der Waals surface area contributed by atoms with Crippen molar-refractivity contribution < 1.29 is 9.47 Å². The molecule has 1 unspecified atom stereocenters. The fraction of sp³-hybridized carbons (Fsp3) is 0.611. The average molecular weight is 481 g/mol. The number of rotatable bonds is 11. The van der Waals surface area contributed by atoms with Crippen LogP contribution in [-0.2, 0) is 11.3 Å². The van der Waals surface area contributed by atoms with Crippen LogP contribution < -0.4 is 15.4 Å². The highest BCUT2D eigenvalue weighted by Crippen LogP contribution is 2.11. The monoisotopic (exact) mass is 481 g/mol. The first kappa shape index (κ1) is 24.3. The van der Waals surface area contributed by atoms with Crippen molar-refractivity contribution in [1.82, 2.24) is 10.6 Å². The minimum Gasteiger partial charge on any atom is -0.497 e. The molecule has 0 saturated carbocycles. The zero-order valence-electron chi connectivity index (χ0n) is 15.7. The number of benzene rings is 1. The maximum absolute atomic E-state index is 5.37. The van der Waals surface area contributed by atoms with Crippen molar-refractivity contribution in [3.63, 3.8) is 0 Å². The van der Waals surface area contributed by atoms with Crippen LogP contribution >= 0.6 is 35.7 Å². The molecule has 1 aromatic rings. The molecule has 25 heavy (non-hydrogen) atoms. The summed E-state index contributed by atoms with van der Waals surface area (Å²) in [7, 11) is 1.67. The Balaban J connectivity index is 0.00000576. The van der Waals surface area contributed by atoms with Crippen molar-refractivity contribution in [3.05, 3.63) is 29.8 Å². The van der Waals surface area contributed by atoms with Crippen LogP contribution in [0.1, 0.15) is 25.8 Å². The zero-order chi connectivity index (χ0) is 17.6. The van der Waals surface area contributed by atoms with Gasteiger partial charge in [-0.25, -0.2) is 4.99 Å². The van der Waals surface area contributed by atoms with Gasteiger partial charge < -0.3 is 20.1 Å². The van der Waals surface area contributed by atoms with E-state index in [0.717, 1.165) is 50.0 Å². The lowest BCUT2D eigenvalue weighted by Crippen LogP contribution is -2.40. The van der Waals surface area contributed by atoms with E-state index in [-0.39, 0.29) is 24.0 Å². The van der Waals surface area contributed by atoms with Gasteiger partial charge in [0.05, 0.1) is 13.7 Å². The molecule has 5 nitrogen and oxygen atoms in total. The third-order valence-electron chi connectivity index (χ3n) is 3.50. The van der Waals surface area contributed by atoms with E-state index >= 15 is 0 Å². The summed E-state index contributed by atoms with van der Waals surface area (Å²) in [5, 5.41) is 7.33. The van der Waals surface area contributed by atoms with E-state index in [4.69, 9.17) is 9.47 Å². The molecule has 0 aliphatic rings. The van der Waals surface area contributed by atoms with E-state index in [0.29, 0.717) is 11.8 Å². The van der Waals surface area contributed by atoms with Crippen LogP contribution in [0.15, 0.2) is 29.3 Å². The van der Waals surface area contributed by atoms with Crippen LogP contribution in [0.25, 0.3) is 0 Å². The minimum atomic E-state index is 0. The Morgan fingerprint density at radius 1 is 1.24 bits per heavy atom. The van der Waals surface area contributed by atoms with Crippen molar-refractivity contribution in [3.8, 4) is 5.75 Å². The number of thioether (sulfide) groups is 1. The zero-order valence-corrected chi connectivity index (χ0v) is 18.9. The van der Waals surface area contributed by atoms with Gasteiger partial charge in [-0.3, -0.25) is 0 Å². The second kappa shape index (κ2) is 15.6. The molecule has 2 N–H and O–H groups in total. The molecule has 0 spiro atoms. The number of aliphatic imine (C=N–C) groups is 1. The molecular weight excluding hydrogens is 449 g/mol. The molecule has 144 valence electrons. The molecule has 0 heterocycles. The standard InChI is InChI=1S/C18H31N3O2S.HI/c1-5-23-12-6-11-19-18(20-13-15(2)24-4)21-14-16-7-9-17(22-3)10-8-16;/h7-10,15H,5-6,11-14H2,1-4H3,(H2,19,20,21);1H. The highest BCUT2D eigenvalue weighted by molar-refractivity contribution is 14.0. The molecule has 1 rings (SSSR count). The van der Waals surface area contributed by atoms with Crippen LogP contribution in [-0.4, -0.2) is 50.9 Å². The number of hydrogen-bond acceptors (Lipinski definition) is 4. The molecular formula is C18H32IN3O2S. The maximum Gasteiger partial charge on any atom is 0.191 e. The Morgan fingerprint density at radius 2 is 1.96 bits per heavy atom. The van der Waals surface area contributed by atoms with E-state index in [1.54, 1.807) is 7.11 Å². The predicted octanol–water partition coefficient (Wildman–Crippen LogP) is 3.53. The van der Waals surface area contributed by atoms with Crippen molar-refractivity contribution >= 4 is 41.7 Å². The van der Waals surface area contributed by atoms with E-state index < -0.39 is 0 Å². The lowest BCUT2D eigenvalue weighted by molar-refractivity contribution is 0.145. The number of nitrogens with zero attached hydrogens (tertiary/aromatic N) is 1. The summed E-state index contributed by atoms with van der Waals surface area (Å²) in [4.78, 5) is 4.68. The quantitative estimate of drug-likeness (QED) is 0.219. The third-order valence-corrected chi connectivity index (χ3v) is 4.47. The van der Waals surface area contributed by atoms with Crippen molar-refractivity contribution in [1.29, 1.82) is 0 Å². The Bertz CT molecular complexity index is 472.